The fourth-order valence-corrected chi connectivity index (χ4v) is 3.42. The number of para-hydroxylation sites is 1. The quantitative estimate of drug-likeness (QED) is 0.776. The lowest BCUT2D eigenvalue weighted by Gasteiger charge is -2.31. The molecule has 0 aliphatic heterocycles. The third kappa shape index (κ3) is 2.22. The molecular weight excluding hydrogens is 278 g/mol. The zero-order valence-corrected chi connectivity index (χ0v) is 12.3. The summed E-state index contributed by atoms with van der Waals surface area (Å²) in [6.07, 6.45) is 6.05. The van der Waals surface area contributed by atoms with E-state index in [1.807, 2.05) is 24.3 Å². The predicted molar refractivity (Wildman–Crippen MR) is 85.8 cm³/mol. The summed E-state index contributed by atoms with van der Waals surface area (Å²) < 4.78 is 5.94. The Balaban J connectivity index is 1.75. The van der Waals surface area contributed by atoms with Gasteiger partial charge in [0.05, 0.1) is 0 Å². The van der Waals surface area contributed by atoms with E-state index in [1.54, 1.807) is 6.33 Å². The molecule has 4 rings (SSSR count). The number of aromatic nitrogens is 2. The largest absolute Gasteiger partial charge is 0.450 e. The van der Waals surface area contributed by atoms with Crippen molar-refractivity contribution in [3.05, 3.63) is 30.6 Å². The van der Waals surface area contributed by atoms with E-state index in [9.17, 15) is 5.11 Å². The van der Waals surface area contributed by atoms with Crippen molar-refractivity contribution in [3.8, 4) is 0 Å². The van der Waals surface area contributed by atoms with Gasteiger partial charge in [0, 0.05) is 24.0 Å². The third-order valence-electron chi connectivity index (χ3n) is 4.62. The van der Waals surface area contributed by atoms with E-state index in [0.717, 1.165) is 35.1 Å². The number of anilines is 1. The normalized spacial score (nSPS) is 22.2. The van der Waals surface area contributed by atoms with Crippen LogP contribution in [-0.4, -0.2) is 27.7 Å². The molecule has 22 heavy (non-hydrogen) atoms. The van der Waals surface area contributed by atoms with Gasteiger partial charge in [0.2, 0.25) is 0 Å². The van der Waals surface area contributed by atoms with Gasteiger partial charge in [-0.2, -0.15) is 0 Å². The molecule has 3 aromatic rings. The summed E-state index contributed by atoms with van der Waals surface area (Å²) >= 11 is 0. The van der Waals surface area contributed by atoms with Crippen molar-refractivity contribution in [2.24, 2.45) is 5.92 Å². The Morgan fingerprint density at radius 2 is 2.05 bits per heavy atom. The van der Waals surface area contributed by atoms with Crippen molar-refractivity contribution in [2.45, 2.75) is 31.7 Å². The number of furan rings is 1. The molecule has 5 heteroatoms. The molecule has 0 saturated heterocycles. The first-order valence-corrected chi connectivity index (χ1v) is 7.86. The highest BCUT2D eigenvalue weighted by Crippen LogP contribution is 2.33. The maximum atomic E-state index is 9.57. The second-order valence-electron chi connectivity index (χ2n) is 5.98. The molecule has 2 atom stereocenters. The number of benzene rings is 1. The van der Waals surface area contributed by atoms with E-state index in [1.165, 1.54) is 12.8 Å². The van der Waals surface area contributed by atoms with Crippen LogP contribution in [-0.2, 0) is 0 Å². The molecule has 1 fully saturated rings. The Morgan fingerprint density at radius 1 is 1.18 bits per heavy atom. The first-order valence-electron chi connectivity index (χ1n) is 7.86. The van der Waals surface area contributed by atoms with Crippen LogP contribution in [0.3, 0.4) is 0 Å². The van der Waals surface area contributed by atoms with Gasteiger partial charge in [0.1, 0.15) is 17.4 Å². The highest BCUT2D eigenvalue weighted by molar-refractivity contribution is 6.05. The molecule has 1 saturated carbocycles. The smallest absolute Gasteiger partial charge is 0.196 e. The van der Waals surface area contributed by atoms with Crippen molar-refractivity contribution in [3.63, 3.8) is 0 Å². The first-order chi connectivity index (χ1) is 10.9. The number of fused-ring (bicyclic) bond motifs is 3. The summed E-state index contributed by atoms with van der Waals surface area (Å²) in [4.78, 5) is 8.74. The Hall–Kier alpha value is -2.14. The van der Waals surface area contributed by atoms with Gasteiger partial charge in [-0.05, 0) is 25.0 Å². The Morgan fingerprint density at radius 3 is 2.95 bits per heavy atom. The van der Waals surface area contributed by atoms with Crippen LogP contribution in [0.1, 0.15) is 25.7 Å². The molecule has 114 valence electrons. The lowest BCUT2D eigenvalue weighted by molar-refractivity contribution is 0.178. The van der Waals surface area contributed by atoms with Crippen LogP contribution in [0.5, 0.6) is 0 Å². The van der Waals surface area contributed by atoms with Gasteiger partial charge in [-0.25, -0.2) is 9.97 Å². The van der Waals surface area contributed by atoms with Gasteiger partial charge >= 0.3 is 0 Å². The van der Waals surface area contributed by atoms with Crippen molar-refractivity contribution in [2.75, 3.05) is 11.9 Å². The van der Waals surface area contributed by atoms with E-state index < -0.39 is 0 Å². The topological polar surface area (TPSA) is 71.2 Å². The minimum atomic E-state index is 0.214. The summed E-state index contributed by atoms with van der Waals surface area (Å²) in [5.74, 6) is 1.01. The van der Waals surface area contributed by atoms with Gasteiger partial charge in [-0.3, -0.25) is 0 Å². The van der Waals surface area contributed by atoms with Crippen molar-refractivity contribution >= 4 is 27.9 Å². The van der Waals surface area contributed by atoms with Crippen molar-refractivity contribution < 1.29 is 9.52 Å². The average molecular weight is 297 g/mol. The molecule has 0 unspecified atom stereocenters. The fourth-order valence-electron chi connectivity index (χ4n) is 3.42. The molecule has 2 heterocycles. The summed E-state index contributed by atoms with van der Waals surface area (Å²) in [6, 6.07) is 8.13. The predicted octanol–water partition coefficient (Wildman–Crippen LogP) is 3.34. The minimum Gasteiger partial charge on any atom is -0.450 e. The fraction of sp³-hybridized carbons (Fsp3) is 0.412. The highest BCUT2D eigenvalue weighted by atomic mass is 16.3. The van der Waals surface area contributed by atoms with E-state index in [4.69, 9.17) is 4.42 Å². The molecule has 1 aliphatic carbocycles. The van der Waals surface area contributed by atoms with E-state index in [0.29, 0.717) is 5.58 Å². The van der Waals surface area contributed by atoms with Gasteiger partial charge in [0.15, 0.2) is 11.4 Å². The average Bonchev–Trinajstić information content (AvgIpc) is 2.95. The summed E-state index contributed by atoms with van der Waals surface area (Å²) in [5.41, 5.74) is 2.36. The van der Waals surface area contributed by atoms with Crippen LogP contribution in [0.25, 0.3) is 22.1 Å². The zero-order valence-electron chi connectivity index (χ0n) is 12.3. The van der Waals surface area contributed by atoms with Gasteiger partial charge in [-0.1, -0.05) is 25.0 Å². The van der Waals surface area contributed by atoms with Crippen LogP contribution in [0.4, 0.5) is 5.82 Å². The van der Waals surface area contributed by atoms with Gasteiger partial charge < -0.3 is 14.8 Å². The van der Waals surface area contributed by atoms with Gasteiger partial charge in [-0.15, -0.1) is 0 Å². The second kappa shape index (κ2) is 5.57. The molecule has 0 bridgehead atoms. The van der Waals surface area contributed by atoms with Crippen molar-refractivity contribution in [1.29, 1.82) is 0 Å². The SMILES string of the molecule is OC[C@@H]1CCCC[C@@H]1Nc1ncnc2c1oc1ccccc12. The minimum absolute atomic E-state index is 0.214. The lowest BCUT2D eigenvalue weighted by atomic mass is 9.85. The molecule has 1 aliphatic rings. The lowest BCUT2D eigenvalue weighted by Crippen LogP contribution is -2.34. The van der Waals surface area contributed by atoms with E-state index in [2.05, 4.69) is 15.3 Å². The standard InChI is InChI=1S/C17H19N3O2/c21-9-11-5-1-3-7-13(11)20-17-16-15(18-10-19-17)12-6-2-4-8-14(12)22-16/h2,4,6,8,10-11,13,21H,1,3,5,7,9H2,(H,18,19,20)/t11-,13-/m0/s1. The summed E-state index contributed by atoms with van der Waals surface area (Å²) in [7, 11) is 0. The first kappa shape index (κ1) is 13.5. The van der Waals surface area contributed by atoms with Crippen LogP contribution in [0.15, 0.2) is 35.0 Å². The summed E-state index contributed by atoms with van der Waals surface area (Å²) in [5, 5.41) is 14.1. The number of nitrogens with one attached hydrogen (secondary N) is 1. The second-order valence-corrected chi connectivity index (χ2v) is 5.98. The molecule has 2 aromatic heterocycles. The van der Waals surface area contributed by atoms with Crippen LogP contribution in [0.2, 0.25) is 0 Å². The van der Waals surface area contributed by atoms with E-state index in [-0.39, 0.29) is 18.6 Å². The monoisotopic (exact) mass is 297 g/mol. The third-order valence-corrected chi connectivity index (χ3v) is 4.62. The molecule has 1 aromatic carbocycles. The number of aliphatic hydroxyl groups is 1. The Kier molecular flexibility index (Phi) is 3.42. The highest BCUT2D eigenvalue weighted by Gasteiger charge is 2.26. The Bertz CT molecular complexity index is 799. The number of aliphatic hydroxyl groups excluding tert-OH is 1. The maximum Gasteiger partial charge on any atom is 0.196 e. The molecule has 0 spiro atoms. The molecule has 2 N–H and O–H groups in total. The van der Waals surface area contributed by atoms with E-state index >= 15 is 0 Å². The van der Waals surface area contributed by atoms with Crippen LogP contribution < -0.4 is 5.32 Å². The van der Waals surface area contributed by atoms with Crippen LogP contribution in [0, 0.1) is 5.92 Å². The molecule has 5 nitrogen and oxygen atoms in total. The van der Waals surface area contributed by atoms with Gasteiger partial charge in [0.25, 0.3) is 0 Å². The van der Waals surface area contributed by atoms with Crippen molar-refractivity contribution in [1.82, 2.24) is 9.97 Å². The molecule has 0 amide bonds. The number of hydrogen-bond donors (Lipinski definition) is 2. The number of hydrogen-bond acceptors (Lipinski definition) is 5. The molecule has 0 radical (unpaired) electrons. The number of rotatable bonds is 3. The summed E-state index contributed by atoms with van der Waals surface area (Å²) in [6.45, 7) is 0.214. The number of nitrogens with zero attached hydrogens (tertiary/aromatic N) is 2. The zero-order chi connectivity index (χ0) is 14.9. The van der Waals surface area contributed by atoms with Crippen LogP contribution >= 0.6 is 0 Å². The maximum absolute atomic E-state index is 9.57. The molecular formula is C17H19N3O2. The Labute approximate surface area is 128 Å².